The average molecular weight is 416 g/mol. The molecule has 1 aliphatic carbocycles. The molecular formula is C23H23ClFNO3. The van der Waals surface area contributed by atoms with Gasteiger partial charge in [0.2, 0.25) is 0 Å². The maximum Gasteiger partial charge on any atom is 0.256 e. The van der Waals surface area contributed by atoms with Gasteiger partial charge in [-0.3, -0.25) is 4.79 Å². The lowest BCUT2D eigenvalue weighted by molar-refractivity contribution is -0.116. The molecule has 1 amide bonds. The Hall–Kier alpha value is -2.37. The van der Waals surface area contributed by atoms with Crippen LogP contribution in [0.2, 0.25) is 5.02 Å². The van der Waals surface area contributed by atoms with Crippen molar-refractivity contribution in [3.05, 3.63) is 64.1 Å². The van der Waals surface area contributed by atoms with Gasteiger partial charge in [0.05, 0.1) is 17.2 Å². The lowest BCUT2D eigenvalue weighted by Crippen LogP contribution is -2.48. The van der Waals surface area contributed by atoms with Crippen LogP contribution in [0.25, 0.3) is 16.7 Å². The lowest BCUT2D eigenvalue weighted by atomic mass is 9.79. The van der Waals surface area contributed by atoms with Crippen molar-refractivity contribution in [2.45, 2.75) is 44.2 Å². The van der Waals surface area contributed by atoms with Gasteiger partial charge in [0.25, 0.3) is 5.91 Å². The monoisotopic (exact) mass is 415 g/mol. The first-order valence-corrected chi connectivity index (χ1v) is 10.1. The van der Waals surface area contributed by atoms with Crippen LogP contribution >= 0.6 is 11.6 Å². The summed E-state index contributed by atoms with van der Waals surface area (Å²) in [6, 6.07) is 9.89. The molecule has 4 rings (SSSR count). The van der Waals surface area contributed by atoms with Crippen molar-refractivity contribution >= 4 is 23.1 Å². The lowest BCUT2D eigenvalue weighted by Gasteiger charge is -2.36. The van der Waals surface area contributed by atoms with Gasteiger partial charge in [0.15, 0.2) is 0 Å². The Morgan fingerprint density at radius 2 is 1.90 bits per heavy atom. The van der Waals surface area contributed by atoms with Crippen LogP contribution in [0.3, 0.4) is 0 Å². The third-order valence-electron chi connectivity index (χ3n) is 6.14. The zero-order valence-corrected chi connectivity index (χ0v) is 17.1. The molecule has 0 radical (unpaired) electrons. The highest BCUT2D eigenvalue weighted by atomic mass is 35.5. The quantitative estimate of drug-likeness (QED) is 0.726. The fourth-order valence-corrected chi connectivity index (χ4v) is 4.56. The molecule has 0 saturated heterocycles. The standard InChI is InChI=1S/C23H23ClFNO3/c1-13-3-4-14(17-6-5-15(24)12-19(17)25)11-18(13)20-21(27)23(26-22(20)28)9-7-16(29-2)8-10-23/h3-6,11-12,16,27H,7-10H2,1-2H3,(H,26,28)/t16-,23+. The molecule has 2 aromatic carbocycles. The van der Waals surface area contributed by atoms with Crippen LogP contribution in [0.4, 0.5) is 4.39 Å². The van der Waals surface area contributed by atoms with Crippen LogP contribution in [0.1, 0.15) is 36.8 Å². The Morgan fingerprint density at radius 1 is 1.17 bits per heavy atom. The number of amides is 1. The number of aliphatic hydroxyl groups excluding tert-OH is 1. The van der Waals surface area contributed by atoms with Gasteiger partial charge in [-0.1, -0.05) is 23.7 Å². The minimum Gasteiger partial charge on any atom is -0.509 e. The molecule has 2 aliphatic rings. The summed E-state index contributed by atoms with van der Waals surface area (Å²) in [5.41, 5.74) is 1.99. The molecule has 0 bridgehead atoms. The van der Waals surface area contributed by atoms with Crippen molar-refractivity contribution in [3.8, 4) is 11.1 Å². The molecule has 0 aromatic heterocycles. The second kappa shape index (κ2) is 7.47. The fraction of sp³-hybridized carbons (Fsp3) is 0.348. The van der Waals surface area contributed by atoms with Gasteiger partial charge >= 0.3 is 0 Å². The number of benzene rings is 2. The molecule has 1 spiro atoms. The van der Waals surface area contributed by atoms with Crippen LogP contribution in [0.5, 0.6) is 0 Å². The van der Waals surface area contributed by atoms with Crippen molar-refractivity contribution in [1.29, 1.82) is 0 Å². The van der Waals surface area contributed by atoms with Crippen molar-refractivity contribution < 1.29 is 19.0 Å². The summed E-state index contributed by atoms with van der Waals surface area (Å²) in [5.74, 6) is -0.653. The third kappa shape index (κ3) is 3.43. The molecule has 2 aromatic rings. The molecule has 1 aliphatic heterocycles. The second-order valence-corrected chi connectivity index (χ2v) is 8.29. The SMILES string of the molecule is CO[C@H]1CC[C@]2(CC1)NC(=O)C(c1cc(-c3ccc(Cl)cc3F)ccc1C)=C2O. The molecule has 1 saturated carbocycles. The molecule has 29 heavy (non-hydrogen) atoms. The number of hydrogen-bond donors (Lipinski definition) is 2. The predicted octanol–water partition coefficient (Wildman–Crippen LogP) is 5.18. The Labute approximate surface area is 174 Å². The first kappa shape index (κ1) is 19.9. The van der Waals surface area contributed by atoms with Gasteiger partial charge in [-0.05, 0) is 73.6 Å². The van der Waals surface area contributed by atoms with Gasteiger partial charge < -0.3 is 15.2 Å². The summed E-state index contributed by atoms with van der Waals surface area (Å²) in [6.45, 7) is 1.87. The Balaban J connectivity index is 1.77. The second-order valence-electron chi connectivity index (χ2n) is 7.85. The zero-order chi connectivity index (χ0) is 20.8. The van der Waals surface area contributed by atoms with Gasteiger partial charge in [-0.25, -0.2) is 4.39 Å². The van der Waals surface area contributed by atoms with Crippen LogP contribution in [-0.2, 0) is 9.53 Å². The fourth-order valence-electron chi connectivity index (χ4n) is 4.40. The summed E-state index contributed by atoms with van der Waals surface area (Å²) >= 11 is 5.86. The first-order valence-electron chi connectivity index (χ1n) is 9.70. The number of hydrogen-bond acceptors (Lipinski definition) is 3. The number of carbonyl (C=O) groups excluding carboxylic acids is 1. The van der Waals surface area contributed by atoms with Crippen LogP contribution < -0.4 is 5.32 Å². The molecule has 152 valence electrons. The van der Waals surface area contributed by atoms with E-state index >= 15 is 0 Å². The summed E-state index contributed by atoms with van der Waals surface area (Å²) in [7, 11) is 1.68. The van der Waals surface area contributed by atoms with E-state index in [4.69, 9.17) is 16.3 Å². The highest BCUT2D eigenvalue weighted by molar-refractivity contribution is 6.30. The molecule has 4 nitrogen and oxygen atoms in total. The van der Waals surface area contributed by atoms with Crippen LogP contribution in [0, 0.1) is 12.7 Å². The van der Waals surface area contributed by atoms with Gasteiger partial charge in [-0.2, -0.15) is 0 Å². The van der Waals surface area contributed by atoms with E-state index in [1.807, 2.05) is 13.0 Å². The van der Waals surface area contributed by atoms with Gasteiger partial charge in [-0.15, -0.1) is 0 Å². The minimum absolute atomic E-state index is 0.0777. The number of aryl methyl sites for hydroxylation is 1. The largest absolute Gasteiger partial charge is 0.509 e. The van der Waals surface area contributed by atoms with Crippen LogP contribution in [-0.4, -0.2) is 29.8 Å². The van der Waals surface area contributed by atoms with Crippen molar-refractivity contribution in [2.24, 2.45) is 0 Å². The van der Waals surface area contributed by atoms with Crippen molar-refractivity contribution in [2.75, 3.05) is 7.11 Å². The van der Waals surface area contributed by atoms with E-state index < -0.39 is 11.4 Å². The number of methoxy groups -OCH3 is 1. The molecule has 1 heterocycles. The van der Waals surface area contributed by atoms with E-state index in [0.29, 0.717) is 34.6 Å². The Kier molecular flexibility index (Phi) is 5.13. The number of nitrogens with one attached hydrogen (secondary N) is 1. The number of carbonyl (C=O) groups is 1. The average Bonchev–Trinajstić information content (AvgIpc) is 2.93. The molecule has 6 heteroatoms. The van der Waals surface area contributed by atoms with E-state index in [-0.39, 0.29) is 23.3 Å². The summed E-state index contributed by atoms with van der Waals surface area (Å²) < 4.78 is 19.8. The van der Waals surface area contributed by atoms with Crippen molar-refractivity contribution in [1.82, 2.24) is 5.32 Å². The maximum atomic E-state index is 14.4. The van der Waals surface area contributed by atoms with E-state index in [9.17, 15) is 14.3 Å². The highest BCUT2D eigenvalue weighted by Crippen LogP contribution is 2.43. The topological polar surface area (TPSA) is 58.6 Å². The molecule has 0 unspecified atom stereocenters. The first-order chi connectivity index (χ1) is 13.8. The number of halogens is 2. The van der Waals surface area contributed by atoms with Gasteiger partial charge in [0, 0.05) is 17.7 Å². The maximum absolute atomic E-state index is 14.4. The number of aliphatic hydroxyl groups is 1. The number of ether oxygens (including phenoxy) is 1. The molecular weight excluding hydrogens is 393 g/mol. The number of rotatable bonds is 3. The molecule has 2 N–H and O–H groups in total. The zero-order valence-electron chi connectivity index (χ0n) is 16.4. The Bertz CT molecular complexity index is 1010. The summed E-state index contributed by atoms with van der Waals surface area (Å²) in [6.07, 6.45) is 2.92. The van der Waals surface area contributed by atoms with E-state index in [2.05, 4.69) is 5.32 Å². The van der Waals surface area contributed by atoms with Crippen molar-refractivity contribution in [3.63, 3.8) is 0 Å². The summed E-state index contributed by atoms with van der Waals surface area (Å²) in [4.78, 5) is 12.9. The van der Waals surface area contributed by atoms with E-state index in [1.54, 1.807) is 31.4 Å². The van der Waals surface area contributed by atoms with E-state index in [1.165, 1.54) is 6.07 Å². The molecule has 1 fully saturated rings. The third-order valence-corrected chi connectivity index (χ3v) is 6.37. The smallest absolute Gasteiger partial charge is 0.256 e. The predicted molar refractivity (Wildman–Crippen MR) is 111 cm³/mol. The minimum atomic E-state index is -0.741. The molecule has 0 atom stereocenters. The van der Waals surface area contributed by atoms with E-state index in [0.717, 1.165) is 18.4 Å². The summed E-state index contributed by atoms with van der Waals surface area (Å²) in [5, 5.41) is 14.4. The van der Waals surface area contributed by atoms with Gasteiger partial charge in [0.1, 0.15) is 11.6 Å². The van der Waals surface area contributed by atoms with Crippen LogP contribution in [0.15, 0.2) is 42.2 Å². The Morgan fingerprint density at radius 3 is 2.55 bits per heavy atom. The normalized spacial score (nSPS) is 24.3. The highest BCUT2D eigenvalue weighted by Gasteiger charge is 2.48.